The molecule has 0 aliphatic heterocycles. The van der Waals surface area contributed by atoms with Crippen molar-refractivity contribution < 1.29 is 27.4 Å². The van der Waals surface area contributed by atoms with Crippen LogP contribution in [-0.4, -0.2) is 36.8 Å². The van der Waals surface area contributed by atoms with Gasteiger partial charge in [-0.1, -0.05) is 0 Å². The van der Waals surface area contributed by atoms with Crippen molar-refractivity contribution in [3.8, 4) is 11.6 Å². The Morgan fingerprint density at radius 3 is 2.39 bits per heavy atom. The lowest BCUT2D eigenvalue weighted by Gasteiger charge is -2.29. The van der Waals surface area contributed by atoms with Gasteiger partial charge in [0.25, 0.3) is 5.91 Å². The molecule has 1 amide bonds. The summed E-state index contributed by atoms with van der Waals surface area (Å²) in [6.07, 6.45) is -1.08. The summed E-state index contributed by atoms with van der Waals surface area (Å²) in [6.45, 7) is 0.567. The van der Waals surface area contributed by atoms with Crippen molar-refractivity contribution >= 4 is 11.6 Å². The number of carbonyl (C=O) groups excluding carboxylic acids is 1. The third kappa shape index (κ3) is 4.94. The van der Waals surface area contributed by atoms with E-state index in [9.17, 15) is 18.0 Å². The van der Waals surface area contributed by atoms with Crippen LogP contribution in [0.25, 0.3) is 0 Å². The summed E-state index contributed by atoms with van der Waals surface area (Å²) < 4.78 is 46.5. The second-order valence-corrected chi connectivity index (χ2v) is 6.74. The fourth-order valence-electron chi connectivity index (χ4n) is 2.96. The Morgan fingerprint density at radius 1 is 1.21 bits per heavy atom. The van der Waals surface area contributed by atoms with Gasteiger partial charge in [-0.3, -0.25) is 4.79 Å². The highest BCUT2D eigenvalue weighted by Crippen LogP contribution is 2.38. The largest absolute Gasteiger partial charge is 0.497 e. The Kier molecular flexibility index (Phi) is 5.76. The van der Waals surface area contributed by atoms with Crippen LogP contribution < -0.4 is 14.4 Å². The molecule has 1 aromatic carbocycles. The molecule has 0 N–H and O–H groups in total. The van der Waals surface area contributed by atoms with Crippen molar-refractivity contribution in [1.29, 1.82) is 0 Å². The van der Waals surface area contributed by atoms with Crippen molar-refractivity contribution in [2.75, 3.05) is 18.6 Å². The molecular weight excluding hydrogens is 373 g/mol. The second-order valence-electron chi connectivity index (χ2n) is 6.74. The fourth-order valence-corrected chi connectivity index (χ4v) is 2.96. The Labute approximate surface area is 161 Å². The summed E-state index contributed by atoms with van der Waals surface area (Å²) in [7, 11) is 1.57. The number of rotatable bonds is 7. The molecule has 1 aliphatic rings. The Hall–Kier alpha value is -2.77. The normalized spacial score (nSPS) is 15.0. The number of alkyl halides is 3. The minimum absolute atomic E-state index is 0.0120. The predicted molar refractivity (Wildman–Crippen MR) is 97.8 cm³/mol. The van der Waals surface area contributed by atoms with Crippen LogP contribution in [0.15, 0.2) is 42.6 Å². The predicted octanol–water partition coefficient (Wildman–Crippen LogP) is 4.48. The van der Waals surface area contributed by atoms with Crippen LogP contribution in [0.3, 0.4) is 0 Å². The Morgan fingerprint density at radius 2 is 1.89 bits per heavy atom. The van der Waals surface area contributed by atoms with Crippen molar-refractivity contribution in [3.05, 3.63) is 48.2 Å². The van der Waals surface area contributed by atoms with E-state index < -0.39 is 12.8 Å². The molecule has 8 heteroatoms. The highest BCUT2D eigenvalue weighted by atomic mass is 19.4. The summed E-state index contributed by atoms with van der Waals surface area (Å²) >= 11 is 0. The van der Waals surface area contributed by atoms with E-state index in [2.05, 4.69) is 9.72 Å². The average molecular weight is 394 g/mol. The van der Waals surface area contributed by atoms with Gasteiger partial charge in [0, 0.05) is 24.0 Å². The maximum absolute atomic E-state index is 13.1. The zero-order valence-electron chi connectivity index (χ0n) is 15.6. The van der Waals surface area contributed by atoms with E-state index in [4.69, 9.17) is 4.74 Å². The van der Waals surface area contributed by atoms with E-state index in [0.29, 0.717) is 11.7 Å². The van der Waals surface area contributed by atoms with Gasteiger partial charge < -0.3 is 14.4 Å². The average Bonchev–Trinajstić information content (AvgIpc) is 3.52. The van der Waals surface area contributed by atoms with E-state index in [1.54, 1.807) is 24.1 Å². The lowest BCUT2D eigenvalue weighted by molar-refractivity contribution is -0.154. The molecule has 3 rings (SSSR count). The number of hydrogen-bond donors (Lipinski definition) is 0. The molecule has 0 saturated heterocycles. The maximum atomic E-state index is 13.1. The second kappa shape index (κ2) is 8.08. The summed E-state index contributed by atoms with van der Waals surface area (Å²) in [5.41, 5.74) is 1.00. The summed E-state index contributed by atoms with van der Waals surface area (Å²) in [5, 5.41) is 0. The minimum atomic E-state index is -4.44. The summed E-state index contributed by atoms with van der Waals surface area (Å²) in [4.78, 5) is 18.7. The highest BCUT2D eigenvalue weighted by Gasteiger charge is 2.35. The smallest absolute Gasteiger partial charge is 0.422 e. The quantitative estimate of drug-likeness (QED) is 0.695. The number of methoxy groups -OCH3 is 1. The monoisotopic (exact) mass is 394 g/mol. The van der Waals surface area contributed by atoms with Crippen molar-refractivity contribution in [1.82, 2.24) is 4.98 Å². The van der Waals surface area contributed by atoms with Crippen LogP contribution in [-0.2, 0) is 0 Å². The standard InChI is InChI=1S/C20H21F3N2O3/c1-13(14-3-4-14)25(16-6-8-17(27-2)9-7-16)19(26)15-5-10-18(24-11-15)28-12-20(21,22)23/h5-11,13-14H,3-4,12H2,1-2H3. The maximum Gasteiger partial charge on any atom is 0.422 e. The molecule has 1 heterocycles. The lowest BCUT2D eigenvalue weighted by atomic mass is 10.1. The van der Waals surface area contributed by atoms with Gasteiger partial charge in [-0.25, -0.2) is 4.98 Å². The van der Waals surface area contributed by atoms with Crippen molar-refractivity contribution in [2.45, 2.75) is 32.0 Å². The van der Waals surface area contributed by atoms with Gasteiger partial charge in [0.15, 0.2) is 6.61 Å². The first-order valence-corrected chi connectivity index (χ1v) is 8.91. The molecule has 5 nitrogen and oxygen atoms in total. The number of halogens is 3. The fraction of sp³-hybridized carbons (Fsp3) is 0.400. The van der Waals surface area contributed by atoms with Crippen LogP contribution in [0.2, 0.25) is 0 Å². The molecule has 1 saturated carbocycles. The van der Waals surface area contributed by atoms with Gasteiger partial charge in [-0.15, -0.1) is 0 Å². The topological polar surface area (TPSA) is 51.7 Å². The molecule has 1 atom stereocenters. The first kappa shape index (κ1) is 20.0. The number of anilines is 1. The molecule has 0 radical (unpaired) electrons. The summed E-state index contributed by atoms with van der Waals surface area (Å²) in [5.74, 6) is 0.663. The molecule has 150 valence electrons. The number of aromatic nitrogens is 1. The van der Waals surface area contributed by atoms with Gasteiger partial charge in [0.2, 0.25) is 5.88 Å². The number of pyridine rings is 1. The van der Waals surface area contributed by atoms with Crippen molar-refractivity contribution in [2.24, 2.45) is 5.92 Å². The number of nitrogens with zero attached hydrogens (tertiary/aromatic N) is 2. The Balaban J connectivity index is 1.80. The summed E-state index contributed by atoms with van der Waals surface area (Å²) in [6, 6.07) is 9.86. The number of carbonyl (C=O) groups is 1. The molecule has 0 spiro atoms. The van der Waals surface area contributed by atoms with E-state index in [1.165, 1.54) is 18.3 Å². The van der Waals surface area contributed by atoms with Gasteiger partial charge in [-0.2, -0.15) is 13.2 Å². The third-order valence-electron chi connectivity index (χ3n) is 4.65. The van der Waals surface area contributed by atoms with E-state index in [0.717, 1.165) is 18.5 Å². The van der Waals surface area contributed by atoms with Crippen LogP contribution >= 0.6 is 0 Å². The first-order valence-electron chi connectivity index (χ1n) is 8.91. The Bertz CT molecular complexity index is 803. The highest BCUT2D eigenvalue weighted by molar-refractivity contribution is 6.06. The van der Waals surface area contributed by atoms with E-state index >= 15 is 0 Å². The van der Waals surface area contributed by atoms with E-state index in [1.807, 2.05) is 19.1 Å². The number of hydrogen-bond acceptors (Lipinski definition) is 4. The first-order chi connectivity index (χ1) is 13.3. The number of amides is 1. The molecule has 2 aromatic rings. The minimum Gasteiger partial charge on any atom is -0.497 e. The zero-order chi connectivity index (χ0) is 20.3. The van der Waals surface area contributed by atoms with Gasteiger partial charge in [0.05, 0.1) is 12.7 Å². The molecule has 1 aromatic heterocycles. The number of ether oxygens (including phenoxy) is 2. The van der Waals surface area contributed by atoms with Gasteiger partial charge >= 0.3 is 6.18 Å². The van der Waals surface area contributed by atoms with Crippen LogP contribution in [0.5, 0.6) is 11.6 Å². The number of benzene rings is 1. The zero-order valence-corrected chi connectivity index (χ0v) is 15.6. The van der Waals surface area contributed by atoms with Crippen LogP contribution in [0.1, 0.15) is 30.1 Å². The molecule has 28 heavy (non-hydrogen) atoms. The SMILES string of the molecule is COc1ccc(N(C(=O)c2ccc(OCC(F)(F)F)nc2)C(C)C2CC2)cc1. The molecule has 1 aliphatic carbocycles. The molecule has 0 bridgehead atoms. The lowest BCUT2D eigenvalue weighted by Crippen LogP contribution is -2.40. The van der Waals surface area contributed by atoms with Crippen LogP contribution in [0, 0.1) is 5.92 Å². The molecule has 1 fully saturated rings. The van der Waals surface area contributed by atoms with Gasteiger partial charge in [-0.05, 0) is 56.0 Å². The van der Waals surface area contributed by atoms with Crippen molar-refractivity contribution in [3.63, 3.8) is 0 Å². The molecular formula is C20H21F3N2O3. The van der Waals surface area contributed by atoms with Gasteiger partial charge in [0.1, 0.15) is 5.75 Å². The van der Waals surface area contributed by atoms with Crippen LogP contribution in [0.4, 0.5) is 18.9 Å². The third-order valence-corrected chi connectivity index (χ3v) is 4.65. The van der Waals surface area contributed by atoms with E-state index in [-0.39, 0.29) is 23.4 Å². The molecule has 1 unspecified atom stereocenters.